The van der Waals surface area contributed by atoms with E-state index in [-0.39, 0.29) is 11.6 Å². The van der Waals surface area contributed by atoms with Crippen LogP contribution in [0.2, 0.25) is 0 Å². The number of nitrogens with two attached hydrogens (primary N) is 1. The Bertz CT molecular complexity index is 338. The van der Waals surface area contributed by atoms with Gasteiger partial charge < -0.3 is 5.73 Å². The molecule has 0 saturated carbocycles. The van der Waals surface area contributed by atoms with Crippen LogP contribution in [0.25, 0.3) is 6.08 Å². The Morgan fingerprint density at radius 3 is 2.29 bits per heavy atom. The van der Waals surface area contributed by atoms with E-state index in [0.717, 1.165) is 0 Å². The van der Waals surface area contributed by atoms with Crippen molar-refractivity contribution in [3.8, 4) is 0 Å². The maximum atomic E-state index is 13.2. The van der Waals surface area contributed by atoms with Crippen molar-refractivity contribution >= 4 is 22.0 Å². The molecule has 4 heteroatoms. The Morgan fingerprint density at radius 2 is 1.86 bits per heavy atom. The molecule has 0 saturated heterocycles. The van der Waals surface area contributed by atoms with E-state index in [9.17, 15) is 8.78 Å². The Morgan fingerprint density at radius 1 is 1.36 bits per heavy atom. The van der Waals surface area contributed by atoms with Crippen molar-refractivity contribution in [2.24, 2.45) is 5.73 Å². The minimum atomic E-state index is -0.603. The highest BCUT2D eigenvalue weighted by Crippen LogP contribution is 2.20. The second kappa shape index (κ2) is 4.66. The Hall–Kier alpha value is -0.740. The summed E-state index contributed by atoms with van der Waals surface area (Å²) >= 11 is 3.00. The Balaban J connectivity index is 3.09. The molecular weight excluding hydrogens is 252 g/mol. The van der Waals surface area contributed by atoms with E-state index in [1.807, 2.05) is 0 Å². The van der Waals surface area contributed by atoms with Crippen LogP contribution in [-0.2, 0) is 0 Å². The van der Waals surface area contributed by atoms with E-state index in [0.29, 0.717) is 4.47 Å². The number of halogens is 3. The van der Waals surface area contributed by atoms with Gasteiger partial charge in [0, 0.05) is 16.1 Å². The topological polar surface area (TPSA) is 26.0 Å². The fourth-order valence-electron chi connectivity index (χ4n) is 0.961. The molecule has 1 aromatic carbocycles. The first-order chi connectivity index (χ1) is 6.50. The normalized spacial score (nSPS) is 13.5. The van der Waals surface area contributed by atoms with Crippen molar-refractivity contribution in [1.29, 1.82) is 0 Å². The molecule has 0 fully saturated rings. The standard InChI is InChI=1S/C10H10BrF2N/c1-6(14)2-3-8-9(12)4-7(11)5-10(8)13/h2-6H,14H2,1H3/b3-2+. The van der Waals surface area contributed by atoms with Gasteiger partial charge in [-0.15, -0.1) is 0 Å². The molecule has 0 aromatic heterocycles. The molecule has 2 N–H and O–H groups in total. The van der Waals surface area contributed by atoms with Gasteiger partial charge in [-0.1, -0.05) is 28.1 Å². The van der Waals surface area contributed by atoms with Gasteiger partial charge in [-0.2, -0.15) is 0 Å². The van der Waals surface area contributed by atoms with Crippen LogP contribution in [0.3, 0.4) is 0 Å². The van der Waals surface area contributed by atoms with E-state index in [4.69, 9.17) is 5.73 Å². The van der Waals surface area contributed by atoms with E-state index >= 15 is 0 Å². The van der Waals surface area contributed by atoms with E-state index < -0.39 is 11.6 Å². The summed E-state index contributed by atoms with van der Waals surface area (Å²) < 4.78 is 26.8. The lowest BCUT2D eigenvalue weighted by Gasteiger charge is -2.01. The highest BCUT2D eigenvalue weighted by atomic mass is 79.9. The highest BCUT2D eigenvalue weighted by Gasteiger charge is 2.07. The van der Waals surface area contributed by atoms with E-state index in [1.54, 1.807) is 6.92 Å². The zero-order valence-electron chi connectivity index (χ0n) is 7.60. The molecule has 76 valence electrons. The van der Waals surface area contributed by atoms with Crippen LogP contribution in [0, 0.1) is 11.6 Å². The number of benzene rings is 1. The fraction of sp³-hybridized carbons (Fsp3) is 0.200. The quantitative estimate of drug-likeness (QED) is 0.870. The SMILES string of the molecule is CC(N)/C=C/c1c(F)cc(Br)cc1F. The molecule has 0 aliphatic heterocycles. The van der Waals surface area contributed by atoms with Gasteiger partial charge in [0.25, 0.3) is 0 Å². The van der Waals surface area contributed by atoms with Crippen LogP contribution in [0.4, 0.5) is 8.78 Å². The second-order valence-electron chi connectivity index (χ2n) is 3.00. The van der Waals surface area contributed by atoms with Crippen molar-refractivity contribution in [1.82, 2.24) is 0 Å². The predicted octanol–water partition coefficient (Wildman–Crippen LogP) is 3.09. The van der Waals surface area contributed by atoms with Crippen molar-refractivity contribution < 1.29 is 8.78 Å². The van der Waals surface area contributed by atoms with E-state index in [1.165, 1.54) is 24.3 Å². The predicted molar refractivity (Wildman–Crippen MR) is 56.7 cm³/mol. The van der Waals surface area contributed by atoms with Gasteiger partial charge in [0.15, 0.2) is 0 Å². The number of hydrogen-bond acceptors (Lipinski definition) is 1. The van der Waals surface area contributed by atoms with Gasteiger partial charge in [-0.05, 0) is 19.1 Å². The molecule has 0 amide bonds. The monoisotopic (exact) mass is 261 g/mol. The van der Waals surface area contributed by atoms with Crippen molar-refractivity contribution in [3.05, 3.63) is 39.9 Å². The summed E-state index contributed by atoms with van der Waals surface area (Å²) in [5.41, 5.74) is 5.36. The third-order valence-corrected chi connectivity index (χ3v) is 2.07. The third-order valence-electron chi connectivity index (χ3n) is 1.61. The summed E-state index contributed by atoms with van der Waals surface area (Å²) in [4.78, 5) is 0. The lowest BCUT2D eigenvalue weighted by molar-refractivity contribution is 0.577. The summed E-state index contributed by atoms with van der Waals surface area (Å²) in [6.45, 7) is 1.73. The van der Waals surface area contributed by atoms with Crippen molar-refractivity contribution in [2.45, 2.75) is 13.0 Å². The molecule has 0 radical (unpaired) electrons. The molecule has 0 heterocycles. The average molecular weight is 262 g/mol. The smallest absolute Gasteiger partial charge is 0.134 e. The van der Waals surface area contributed by atoms with Crippen LogP contribution >= 0.6 is 15.9 Å². The minimum Gasteiger partial charge on any atom is -0.325 e. The number of rotatable bonds is 2. The second-order valence-corrected chi connectivity index (χ2v) is 3.92. The minimum absolute atomic E-state index is 0.0644. The molecule has 14 heavy (non-hydrogen) atoms. The van der Waals surface area contributed by atoms with Crippen LogP contribution in [0.15, 0.2) is 22.7 Å². The Labute approximate surface area is 89.7 Å². The largest absolute Gasteiger partial charge is 0.325 e. The first kappa shape index (κ1) is 11.3. The fourth-order valence-corrected chi connectivity index (χ4v) is 1.36. The molecular formula is C10H10BrF2N. The summed E-state index contributed by atoms with van der Waals surface area (Å²) in [7, 11) is 0. The summed E-state index contributed by atoms with van der Waals surface area (Å²) in [6.07, 6.45) is 2.89. The van der Waals surface area contributed by atoms with Crippen LogP contribution in [0.5, 0.6) is 0 Å². The first-order valence-corrected chi connectivity index (χ1v) is 4.88. The van der Waals surface area contributed by atoms with Crippen molar-refractivity contribution in [2.75, 3.05) is 0 Å². The van der Waals surface area contributed by atoms with Crippen LogP contribution < -0.4 is 5.73 Å². The Kier molecular flexibility index (Phi) is 3.77. The zero-order valence-corrected chi connectivity index (χ0v) is 9.18. The van der Waals surface area contributed by atoms with Gasteiger partial charge in [-0.25, -0.2) is 8.78 Å². The number of hydrogen-bond donors (Lipinski definition) is 1. The van der Waals surface area contributed by atoms with Crippen LogP contribution in [-0.4, -0.2) is 6.04 Å². The van der Waals surface area contributed by atoms with Crippen LogP contribution in [0.1, 0.15) is 12.5 Å². The first-order valence-electron chi connectivity index (χ1n) is 4.09. The maximum Gasteiger partial charge on any atom is 0.134 e. The van der Waals surface area contributed by atoms with Gasteiger partial charge in [0.1, 0.15) is 11.6 Å². The summed E-state index contributed by atoms with van der Waals surface area (Å²) in [6, 6.07) is 2.20. The van der Waals surface area contributed by atoms with Gasteiger partial charge in [0.05, 0.1) is 0 Å². The van der Waals surface area contributed by atoms with Crippen molar-refractivity contribution in [3.63, 3.8) is 0 Å². The highest BCUT2D eigenvalue weighted by molar-refractivity contribution is 9.10. The average Bonchev–Trinajstić information content (AvgIpc) is 2.01. The molecule has 0 aliphatic carbocycles. The lowest BCUT2D eigenvalue weighted by Crippen LogP contribution is -2.10. The zero-order chi connectivity index (χ0) is 10.7. The lowest BCUT2D eigenvalue weighted by atomic mass is 10.1. The molecule has 1 unspecified atom stereocenters. The summed E-state index contributed by atoms with van der Waals surface area (Å²) in [5, 5.41) is 0. The molecule has 1 aromatic rings. The van der Waals surface area contributed by atoms with Gasteiger partial charge in [-0.3, -0.25) is 0 Å². The third kappa shape index (κ3) is 2.89. The summed E-state index contributed by atoms with van der Waals surface area (Å²) in [5.74, 6) is -1.21. The molecule has 0 bridgehead atoms. The molecule has 0 spiro atoms. The molecule has 1 rings (SSSR count). The molecule has 1 nitrogen and oxygen atoms in total. The van der Waals surface area contributed by atoms with Gasteiger partial charge >= 0.3 is 0 Å². The van der Waals surface area contributed by atoms with Gasteiger partial charge in [0.2, 0.25) is 0 Å². The molecule has 0 aliphatic rings. The molecule has 1 atom stereocenters. The maximum absolute atomic E-state index is 13.2. The van der Waals surface area contributed by atoms with E-state index in [2.05, 4.69) is 15.9 Å².